The molecule has 0 spiro atoms. The van der Waals surface area contributed by atoms with Gasteiger partial charge in [-0.25, -0.2) is 0 Å². The molecule has 0 aliphatic carbocycles. The third kappa shape index (κ3) is 3.14. The Bertz CT molecular complexity index is 476. The Morgan fingerprint density at radius 2 is 1.84 bits per heavy atom. The first-order valence-electron chi connectivity index (χ1n) is 6.90. The van der Waals surface area contributed by atoms with Gasteiger partial charge in [-0.3, -0.25) is 4.79 Å². The number of Topliss-reactive ketones (excluding diaryl/α,β-unsaturated/α-hetero) is 1. The minimum Gasteiger partial charge on any atom is -0.371 e. The average Bonchev–Trinajstić information content (AvgIpc) is 2.46. The van der Waals surface area contributed by atoms with Crippen LogP contribution in [0.15, 0.2) is 24.3 Å². The van der Waals surface area contributed by atoms with Gasteiger partial charge in [0.05, 0.1) is 11.6 Å². The van der Waals surface area contributed by atoms with Gasteiger partial charge in [0.25, 0.3) is 0 Å². The Kier molecular flexibility index (Phi) is 4.21. The van der Waals surface area contributed by atoms with E-state index in [4.69, 9.17) is 5.26 Å². The van der Waals surface area contributed by atoms with Crippen molar-refractivity contribution < 1.29 is 4.79 Å². The summed E-state index contributed by atoms with van der Waals surface area (Å²) in [6.07, 6.45) is 1.88. The molecule has 1 heterocycles. The van der Waals surface area contributed by atoms with Crippen LogP contribution < -0.4 is 4.90 Å². The molecule has 0 aromatic heterocycles. The van der Waals surface area contributed by atoms with Gasteiger partial charge in [-0.05, 0) is 37.1 Å². The van der Waals surface area contributed by atoms with E-state index >= 15 is 0 Å². The Labute approximate surface area is 114 Å². The highest BCUT2D eigenvalue weighted by Crippen LogP contribution is 2.25. The van der Waals surface area contributed by atoms with E-state index in [9.17, 15) is 4.79 Å². The molecule has 100 valence electrons. The summed E-state index contributed by atoms with van der Waals surface area (Å²) in [5.74, 6) is 0.778. The third-order valence-electron chi connectivity index (χ3n) is 3.83. The molecule has 0 saturated carbocycles. The maximum atomic E-state index is 12.0. The van der Waals surface area contributed by atoms with Crippen LogP contribution in [0.2, 0.25) is 0 Å². The summed E-state index contributed by atoms with van der Waals surface area (Å²) in [5.41, 5.74) is 1.84. The molecular formula is C16H20N2O. The second-order valence-corrected chi connectivity index (χ2v) is 5.48. The van der Waals surface area contributed by atoms with E-state index in [1.54, 1.807) is 0 Å². The van der Waals surface area contributed by atoms with E-state index in [0.29, 0.717) is 11.3 Å². The predicted octanol–water partition coefficient (Wildman–Crippen LogP) is 3.00. The number of carbonyl (C=O) groups excluding carboxylic acids is 1. The fourth-order valence-electron chi connectivity index (χ4n) is 2.64. The van der Waals surface area contributed by atoms with Crippen LogP contribution in [0.1, 0.15) is 32.3 Å². The summed E-state index contributed by atoms with van der Waals surface area (Å²) >= 11 is 0. The van der Waals surface area contributed by atoms with Crippen molar-refractivity contribution in [3.63, 3.8) is 0 Å². The van der Waals surface area contributed by atoms with Crippen LogP contribution in [0.4, 0.5) is 5.69 Å². The number of piperidine rings is 1. The number of hydrogen-bond acceptors (Lipinski definition) is 3. The van der Waals surface area contributed by atoms with E-state index in [2.05, 4.69) is 11.0 Å². The molecule has 0 amide bonds. The van der Waals surface area contributed by atoms with Gasteiger partial charge in [-0.1, -0.05) is 13.8 Å². The van der Waals surface area contributed by atoms with Crippen LogP contribution in [0.25, 0.3) is 0 Å². The number of benzene rings is 1. The summed E-state index contributed by atoms with van der Waals surface area (Å²) in [7, 11) is 0. The maximum absolute atomic E-state index is 12.0. The summed E-state index contributed by atoms with van der Waals surface area (Å²) in [5, 5.41) is 8.79. The Morgan fingerprint density at radius 1 is 1.26 bits per heavy atom. The van der Waals surface area contributed by atoms with E-state index in [1.807, 2.05) is 38.1 Å². The molecule has 0 atom stereocenters. The van der Waals surface area contributed by atoms with Gasteiger partial charge in [-0.2, -0.15) is 5.26 Å². The van der Waals surface area contributed by atoms with Crippen molar-refractivity contribution in [2.45, 2.75) is 26.7 Å². The fourth-order valence-corrected chi connectivity index (χ4v) is 2.64. The van der Waals surface area contributed by atoms with Crippen molar-refractivity contribution in [1.82, 2.24) is 0 Å². The zero-order valence-electron chi connectivity index (χ0n) is 11.6. The van der Waals surface area contributed by atoms with Gasteiger partial charge in [0.15, 0.2) is 0 Å². The molecule has 3 heteroatoms. The summed E-state index contributed by atoms with van der Waals surface area (Å²) < 4.78 is 0. The molecular weight excluding hydrogens is 236 g/mol. The normalized spacial score (nSPS) is 16.4. The van der Waals surface area contributed by atoms with E-state index in [0.717, 1.165) is 31.6 Å². The quantitative estimate of drug-likeness (QED) is 0.835. The molecule has 1 aliphatic heterocycles. The molecule has 1 aromatic rings. The fraction of sp³-hybridized carbons (Fsp3) is 0.500. The van der Waals surface area contributed by atoms with Crippen LogP contribution in [-0.4, -0.2) is 18.9 Å². The molecule has 1 aliphatic rings. The van der Waals surface area contributed by atoms with Gasteiger partial charge < -0.3 is 4.90 Å². The largest absolute Gasteiger partial charge is 0.371 e. The van der Waals surface area contributed by atoms with Crippen molar-refractivity contribution in [2.24, 2.45) is 11.8 Å². The second kappa shape index (κ2) is 5.88. The number of anilines is 1. The zero-order chi connectivity index (χ0) is 13.8. The number of nitrogens with zero attached hydrogens (tertiary/aromatic N) is 2. The Balaban J connectivity index is 1.96. The average molecular weight is 256 g/mol. The van der Waals surface area contributed by atoms with Crippen LogP contribution in [-0.2, 0) is 4.79 Å². The number of hydrogen-bond donors (Lipinski definition) is 0. The van der Waals surface area contributed by atoms with Crippen molar-refractivity contribution in [1.29, 1.82) is 5.26 Å². The highest BCUT2D eigenvalue weighted by Gasteiger charge is 2.26. The van der Waals surface area contributed by atoms with Gasteiger partial charge in [0.2, 0.25) is 0 Å². The van der Waals surface area contributed by atoms with Crippen molar-refractivity contribution in [3.8, 4) is 6.07 Å². The Hall–Kier alpha value is -1.82. The first kappa shape index (κ1) is 13.6. The molecule has 3 nitrogen and oxygen atoms in total. The van der Waals surface area contributed by atoms with Gasteiger partial charge >= 0.3 is 0 Å². The van der Waals surface area contributed by atoms with Crippen LogP contribution in [0.5, 0.6) is 0 Å². The van der Waals surface area contributed by atoms with Crippen molar-refractivity contribution in [3.05, 3.63) is 29.8 Å². The molecule has 19 heavy (non-hydrogen) atoms. The number of carbonyl (C=O) groups is 1. The standard InChI is InChI=1S/C16H20N2O/c1-12(2)16(19)14-7-9-18(10-8-14)15-5-3-13(11-17)4-6-15/h3-6,12,14H,7-10H2,1-2H3. The van der Waals surface area contributed by atoms with Gasteiger partial charge in [-0.15, -0.1) is 0 Å². The minimum atomic E-state index is 0.145. The SMILES string of the molecule is CC(C)C(=O)C1CCN(c2ccc(C#N)cc2)CC1. The summed E-state index contributed by atoms with van der Waals surface area (Å²) in [4.78, 5) is 14.3. The minimum absolute atomic E-state index is 0.145. The molecule has 1 saturated heterocycles. The van der Waals surface area contributed by atoms with Crippen LogP contribution in [0, 0.1) is 23.2 Å². The number of nitriles is 1. The monoisotopic (exact) mass is 256 g/mol. The lowest BCUT2D eigenvalue weighted by molar-refractivity contribution is -0.126. The molecule has 0 bridgehead atoms. The smallest absolute Gasteiger partial charge is 0.138 e. The predicted molar refractivity (Wildman–Crippen MR) is 75.9 cm³/mol. The molecule has 0 radical (unpaired) electrons. The first-order valence-corrected chi connectivity index (χ1v) is 6.90. The number of rotatable bonds is 3. The maximum Gasteiger partial charge on any atom is 0.138 e. The summed E-state index contributed by atoms with van der Waals surface area (Å²) in [6.45, 7) is 5.81. The topological polar surface area (TPSA) is 44.1 Å². The molecule has 1 fully saturated rings. The highest BCUT2D eigenvalue weighted by molar-refractivity contribution is 5.83. The van der Waals surface area contributed by atoms with Gasteiger partial charge in [0.1, 0.15) is 5.78 Å². The second-order valence-electron chi connectivity index (χ2n) is 5.48. The zero-order valence-corrected chi connectivity index (χ0v) is 11.6. The third-order valence-corrected chi connectivity index (χ3v) is 3.83. The Morgan fingerprint density at radius 3 is 2.32 bits per heavy atom. The lowest BCUT2D eigenvalue weighted by Gasteiger charge is -2.33. The van der Waals surface area contributed by atoms with Crippen molar-refractivity contribution >= 4 is 11.5 Å². The molecule has 0 unspecified atom stereocenters. The summed E-state index contributed by atoms with van der Waals surface area (Å²) in [6, 6.07) is 9.80. The first-order chi connectivity index (χ1) is 9.11. The van der Waals surface area contributed by atoms with Crippen LogP contribution >= 0.6 is 0 Å². The van der Waals surface area contributed by atoms with E-state index in [1.165, 1.54) is 0 Å². The van der Waals surface area contributed by atoms with Crippen LogP contribution in [0.3, 0.4) is 0 Å². The lowest BCUT2D eigenvalue weighted by Crippen LogP contribution is -2.37. The molecule has 0 N–H and O–H groups in total. The lowest BCUT2D eigenvalue weighted by atomic mass is 9.87. The number of ketones is 1. The molecule has 1 aromatic carbocycles. The highest BCUT2D eigenvalue weighted by atomic mass is 16.1. The van der Waals surface area contributed by atoms with Crippen molar-refractivity contribution in [2.75, 3.05) is 18.0 Å². The van der Waals surface area contributed by atoms with E-state index < -0.39 is 0 Å². The van der Waals surface area contributed by atoms with Gasteiger partial charge in [0, 0.05) is 30.6 Å². The molecule has 2 rings (SSSR count). The van der Waals surface area contributed by atoms with E-state index in [-0.39, 0.29) is 11.8 Å².